The predicted octanol–water partition coefficient (Wildman–Crippen LogP) is 1.49. The summed E-state index contributed by atoms with van der Waals surface area (Å²) in [6.07, 6.45) is 0.373. The third-order valence-corrected chi connectivity index (χ3v) is 1.98. The average molecular weight is 222 g/mol. The van der Waals surface area contributed by atoms with Crippen molar-refractivity contribution >= 4 is 5.97 Å². The minimum atomic E-state index is -1.03. The van der Waals surface area contributed by atoms with Gasteiger partial charge in [-0.2, -0.15) is 5.90 Å². The summed E-state index contributed by atoms with van der Waals surface area (Å²) in [6, 6.07) is 4.30. The molecule has 0 aliphatic carbocycles. The molecule has 0 amide bonds. The van der Waals surface area contributed by atoms with E-state index in [9.17, 15) is 4.79 Å². The minimum Gasteiger partial charge on any atom is -0.478 e. The number of benzene rings is 1. The van der Waals surface area contributed by atoms with E-state index in [1.165, 1.54) is 18.2 Å². The fraction of sp³-hybridized carbons (Fsp3) is 0.222. The van der Waals surface area contributed by atoms with Crippen LogP contribution in [0.5, 0.6) is 5.75 Å². The highest BCUT2D eigenvalue weighted by atomic mass is 16.6. The number of carbonyl (C=O) groups is 1. The molecule has 84 valence electrons. The third-order valence-electron chi connectivity index (χ3n) is 1.98. The molecule has 1 aromatic rings. The molecule has 1 aromatic carbocycles. The van der Waals surface area contributed by atoms with Crippen molar-refractivity contribution in [3.8, 4) is 5.75 Å². The van der Waals surface area contributed by atoms with Gasteiger partial charge in [-0.25, -0.2) is 4.79 Å². The third kappa shape index (κ3) is 2.88. The Morgan fingerprint density at radius 2 is 2.38 bits per heavy atom. The van der Waals surface area contributed by atoms with Crippen LogP contribution >= 0.6 is 0 Å². The molecule has 7 heteroatoms. The second kappa shape index (κ2) is 5.59. The molecular formula is C9H10N4O3. The van der Waals surface area contributed by atoms with Crippen LogP contribution in [-0.4, -0.2) is 17.6 Å². The number of nitrogens with two attached hydrogens (primary N) is 1. The first-order valence-corrected chi connectivity index (χ1v) is 4.43. The number of carboxylic acid groups (broad SMARTS) is 1. The number of rotatable bonds is 5. The van der Waals surface area contributed by atoms with Gasteiger partial charge >= 0.3 is 5.97 Å². The van der Waals surface area contributed by atoms with Gasteiger partial charge in [0.2, 0.25) is 0 Å². The summed E-state index contributed by atoms with van der Waals surface area (Å²) in [4.78, 5) is 17.9. The summed E-state index contributed by atoms with van der Waals surface area (Å²) in [5, 5.41) is 12.1. The van der Waals surface area contributed by atoms with Crippen molar-refractivity contribution in [3.63, 3.8) is 0 Å². The maximum Gasteiger partial charge on any atom is 0.335 e. The number of nitrogens with zero attached hydrogens (tertiary/aromatic N) is 3. The lowest BCUT2D eigenvalue weighted by Crippen LogP contribution is -2.07. The van der Waals surface area contributed by atoms with Crippen LogP contribution in [0.4, 0.5) is 0 Å². The molecule has 16 heavy (non-hydrogen) atoms. The smallest absolute Gasteiger partial charge is 0.335 e. The standard InChI is InChI=1S/C9H10N4O3/c10-13-12-4-3-6-5-7(9(14)15)1-2-8(6)16-11/h1-2,5H,3-4,11H2,(H,14,15). The van der Waals surface area contributed by atoms with Crippen molar-refractivity contribution in [1.29, 1.82) is 0 Å². The minimum absolute atomic E-state index is 0.136. The summed E-state index contributed by atoms with van der Waals surface area (Å²) in [6.45, 7) is 0.218. The number of aromatic carboxylic acids is 1. The fourth-order valence-corrected chi connectivity index (χ4v) is 1.24. The van der Waals surface area contributed by atoms with E-state index in [0.717, 1.165) is 0 Å². The van der Waals surface area contributed by atoms with Crippen LogP contribution in [0.25, 0.3) is 10.4 Å². The van der Waals surface area contributed by atoms with Crippen molar-refractivity contribution < 1.29 is 14.7 Å². The molecule has 0 unspecified atom stereocenters. The van der Waals surface area contributed by atoms with E-state index in [-0.39, 0.29) is 12.1 Å². The number of carboxylic acids is 1. The number of azide groups is 1. The van der Waals surface area contributed by atoms with Crippen LogP contribution in [-0.2, 0) is 6.42 Å². The monoisotopic (exact) mass is 222 g/mol. The Morgan fingerprint density at radius 1 is 1.62 bits per heavy atom. The maximum atomic E-state index is 10.7. The Morgan fingerprint density at radius 3 is 2.94 bits per heavy atom. The van der Waals surface area contributed by atoms with Gasteiger partial charge in [0.25, 0.3) is 0 Å². The lowest BCUT2D eigenvalue weighted by Gasteiger charge is -2.06. The van der Waals surface area contributed by atoms with Gasteiger partial charge < -0.3 is 9.94 Å². The van der Waals surface area contributed by atoms with Gasteiger partial charge in [-0.1, -0.05) is 5.11 Å². The molecule has 0 atom stereocenters. The Labute approximate surface area is 91.0 Å². The Hall–Kier alpha value is -2.24. The Kier molecular flexibility index (Phi) is 4.14. The highest BCUT2D eigenvalue weighted by Gasteiger charge is 2.08. The Bertz CT molecular complexity index is 440. The largest absolute Gasteiger partial charge is 0.478 e. The zero-order valence-electron chi connectivity index (χ0n) is 8.33. The first kappa shape index (κ1) is 11.8. The second-order valence-corrected chi connectivity index (χ2v) is 2.95. The summed E-state index contributed by atoms with van der Waals surface area (Å²) in [5.74, 6) is 4.37. The molecule has 0 spiro atoms. The van der Waals surface area contributed by atoms with E-state index in [4.69, 9.17) is 16.5 Å². The van der Waals surface area contributed by atoms with Crippen molar-refractivity contribution in [2.24, 2.45) is 11.0 Å². The van der Waals surface area contributed by atoms with Crippen LogP contribution in [0.1, 0.15) is 15.9 Å². The van der Waals surface area contributed by atoms with Crippen LogP contribution in [0.2, 0.25) is 0 Å². The molecule has 1 rings (SSSR count). The molecule has 7 nitrogen and oxygen atoms in total. The van der Waals surface area contributed by atoms with Gasteiger partial charge in [0.1, 0.15) is 5.75 Å². The van der Waals surface area contributed by atoms with E-state index in [2.05, 4.69) is 14.9 Å². The second-order valence-electron chi connectivity index (χ2n) is 2.95. The molecule has 0 heterocycles. The van der Waals surface area contributed by atoms with E-state index in [0.29, 0.717) is 17.7 Å². The fourth-order valence-electron chi connectivity index (χ4n) is 1.24. The van der Waals surface area contributed by atoms with Crippen LogP contribution in [0, 0.1) is 0 Å². The van der Waals surface area contributed by atoms with E-state index in [1.54, 1.807) is 0 Å². The van der Waals surface area contributed by atoms with E-state index < -0.39 is 5.97 Å². The van der Waals surface area contributed by atoms with Gasteiger partial charge in [-0.3, -0.25) is 0 Å². The van der Waals surface area contributed by atoms with Crippen molar-refractivity contribution in [3.05, 3.63) is 39.8 Å². The van der Waals surface area contributed by atoms with E-state index in [1.807, 2.05) is 0 Å². The normalized spacial score (nSPS) is 9.31. The van der Waals surface area contributed by atoms with Gasteiger partial charge in [-0.05, 0) is 35.7 Å². The molecule has 0 bridgehead atoms. The summed E-state index contributed by atoms with van der Waals surface area (Å²) < 4.78 is 0. The quantitative estimate of drug-likeness (QED) is 0.339. The topological polar surface area (TPSA) is 121 Å². The zero-order chi connectivity index (χ0) is 12.0. The average Bonchev–Trinajstić information content (AvgIpc) is 2.29. The highest BCUT2D eigenvalue weighted by molar-refractivity contribution is 5.88. The van der Waals surface area contributed by atoms with Crippen LogP contribution < -0.4 is 10.7 Å². The first-order chi connectivity index (χ1) is 7.69. The molecule has 0 aliphatic rings. The molecule has 0 aromatic heterocycles. The molecule has 0 radical (unpaired) electrons. The van der Waals surface area contributed by atoms with Crippen molar-refractivity contribution in [1.82, 2.24) is 0 Å². The van der Waals surface area contributed by atoms with Gasteiger partial charge in [-0.15, -0.1) is 0 Å². The Balaban J connectivity index is 2.96. The van der Waals surface area contributed by atoms with Crippen LogP contribution in [0.3, 0.4) is 0 Å². The van der Waals surface area contributed by atoms with Crippen LogP contribution in [0.15, 0.2) is 23.3 Å². The first-order valence-electron chi connectivity index (χ1n) is 4.43. The summed E-state index contributed by atoms with van der Waals surface area (Å²) in [5.41, 5.74) is 8.85. The molecule has 3 N–H and O–H groups in total. The SMILES string of the molecule is [N-]=[N+]=NCCc1cc(C(=O)O)ccc1ON. The van der Waals surface area contributed by atoms with Crippen molar-refractivity contribution in [2.45, 2.75) is 6.42 Å². The van der Waals surface area contributed by atoms with Gasteiger partial charge in [0.05, 0.1) is 5.56 Å². The molecule has 0 aliphatic heterocycles. The number of hydrogen-bond donors (Lipinski definition) is 2. The molecule has 0 saturated heterocycles. The number of hydrogen-bond acceptors (Lipinski definition) is 4. The predicted molar refractivity (Wildman–Crippen MR) is 55.9 cm³/mol. The van der Waals surface area contributed by atoms with E-state index >= 15 is 0 Å². The van der Waals surface area contributed by atoms with Crippen molar-refractivity contribution in [2.75, 3.05) is 6.54 Å². The summed E-state index contributed by atoms with van der Waals surface area (Å²) >= 11 is 0. The lowest BCUT2D eigenvalue weighted by molar-refractivity contribution is 0.0696. The molecular weight excluding hydrogens is 212 g/mol. The molecule has 0 saturated carbocycles. The highest BCUT2D eigenvalue weighted by Crippen LogP contribution is 2.20. The van der Waals surface area contributed by atoms with Gasteiger partial charge in [0, 0.05) is 11.5 Å². The lowest BCUT2D eigenvalue weighted by atomic mass is 10.1. The maximum absolute atomic E-state index is 10.7. The van der Waals surface area contributed by atoms with Gasteiger partial charge in [0.15, 0.2) is 0 Å². The summed E-state index contributed by atoms with van der Waals surface area (Å²) in [7, 11) is 0. The zero-order valence-corrected chi connectivity index (χ0v) is 8.33. The molecule has 0 fully saturated rings.